The third kappa shape index (κ3) is 3.55. The van der Waals surface area contributed by atoms with Gasteiger partial charge in [0, 0.05) is 0 Å². The minimum absolute atomic E-state index is 0.971. The van der Waals surface area contributed by atoms with Crippen molar-refractivity contribution < 1.29 is 34.9 Å². The van der Waals surface area contributed by atoms with Crippen LogP contribution in [-0.2, 0) is 4.18 Å². The number of nitrogens with zero attached hydrogens (tertiary/aromatic N) is 3. The summed E-state index contributed by atoms with van der Waals surface area (Å²) in [7, 11) is 3.70. The average molecular weight is 349 g/mol. The van der Waals surface area contributed by atoms with Crippen molar-refractivity contribution in [3.05, 3.63) is 0 Å². The van der Waals surface area contributed by atoms with Crippen LogP contribution in [0.5, 0.6) is 0 Å². The van der Waals surface area contributed by atoms with Crippen LogP contribution < -0.4 is 0 Å². The molecule has 4 nitrogen and oxygen atoms in total. The zero-order valence-electron chi connectivity index (χ0n) is 12.3. The topological polar surface area (TPSA) is 19.0 Å². The molecule has 0 N–H and O–H groups in total. The van der Waals surface area contributed by atoms with E-state index in [1.165, 1.54) is 42.3 Å². The van der Waals surface area contributed by atoms with Crippen LogP contribution in [0.2, 0.25) is 0 Å². The van der Waals surface area contributed by atoms with Gasteiger partial charge in [0.2, 0.25) is 0 Å². The monoisotopic (exact) mass is 349 g/mol. The van der Waals surface area contributed by atoms with Gasteiger partial charge in [-0.3, -0.25) is 0 Å². The van der Waals surface area contributed by atoms with E-state index in [1.54, 1.807) is 0 Å². The van der Waals surface area contributed by atoms with E-state index in [0.29, 0.717) is 0 Å². The second-order valence-corrected chi connectivity index (χ2v) is 7.87. The number of halogens is 7. The molecule has 0 heterocycles. The summed E-state index contributed by atoms with van der Waals surface area (Å²) in [6.07, 6.45) is -12.5. The Kier molecular flexibility index (Phi) is 5.98. The van der Waals surface area contributed by atoms with E-state index in [0.717, 1.165) is 12.9 Å². The van der Waals surface area contributed by atoms with Gasteiger partial charge in [-0.25, -0.2) is 17.1 Å². The van der Waals surface area contributed by atoms with E-state index < -0.39 is 29.1 Å². The highest BCUT2D eigenvalue weighted by Gasteiger charge is 2.77. The number of hydrogen-bond acceptors (Lipinski definition) is 4. The predicted molar refractivity (Wildman–Crippen MR) is 65.7 cm³/mol. The summed E-state index contributed by atoms with van der Waals surface area (Å²) in [6.45, 7) is 0. The van der Waals surface area contributed by atoms with Crippen molar-refractivity contribution in [3.63, 3.8) is 0 Å². The highest BCUT2D eigenvalue weighted by molar-refractivity contribution is 8.23. The molecule has 12 heteroatoms. The SMILES string of the molecule is CN(C)S(OC(F)(C(F)(F)F)C(F)(F)F)(N(C)C)N(C)C. The first kappa shape index (κ1) is 20.7. The lowest BCUT2D eigenvalue weighted by Gasteiger charge is -2.54. The summed E-state index contributed by atoms with van der Waals surface area (Å²) in [5.41, 5.74) is 0. The third-order valence-electron chi connectivity index (χ3n) is 2.38. The molecule has 21 heavy (non-hydrogen) atoms. The zero-order valence-corrected chi connectivity index (χ0v) is 13.1. The second kappa shape index (κ2) is 6.07. The fourth-order valence-corrected chi connectivity index (χ4v) is 4.52. The van der Waals surface area contributed by atoms with Gasteiger partial charge in [0.05, 0.1) is 10.9 Å². The van der Waals surface area contributed by atoms with Gasteiger partial charge in [0.15, 0.2) is 0 Å². The van der Waals surface area contributed by atoms with Gasteiger partial charge < -0.3 is 0 Å². The largest absolute Gasteiger partial charge is 0.459 e. The Bertz CT molecular complexity index is 320. The van der Waals surface area contributed by atoms with Crippen molar-refractivity contribution >= 4 is 10.9 Å². The molecular formula is C9H18F7N3OS. The summed E-state index contributed by atoms with van der Waals surface area (Å²) in [4.78, 5) is 0. The summed E-state index contributed by atoms with van der Waals surface area (Å²) < 4.78 is 96.8. The zero-order chi connectivity index (χ0) is 17.4. The molecule has 0 fully saturated rings. The van der Waals surface area contributed by atoms with Gasteiger partial charge in [-0.05, 0) is 42.3 Å². The molecular weight excluding hydrogens is 331 g/mol. The molecule has 0 unspecified atom stereocenters. The first-order valence-electron chi connectivity index (χ1n) is 5.42. The molecule has 0 bridgehead atoms. The number of alkyl halides is 7. The van der Waals surface area contributed by atoms with Crippen LogP contribution in [0, 0.1) is 0 Å². The van der Waals surface area contributed by atoms with Gasteiger partial charge in [0.25, 0.3) is 0 Å². The molecule has 130 valence electrons. The summed E-state index contributed by atoms with van der Waals surface area (Å²) in [6, 6.07) is 0. The lowest BCUT2D eigenvalue weighted by atomic mass is 10.3. The lowest BCUT2D eigenvalue weighted by molar-refractivity contribution is -0.406. The highest BCUT2D eigenvalue weighted by atomic mass is 32.3. The Morgan fingerprint density at radius 3 is 1.00 bits per heavy atom. The average Bonchev–Trinajstić information content (AvgIpc) is 2.20. The molecule has 0 spiro atoms. The minimum Gasteiger partial charge on any atom is -0.242 e. The van der Waals surface area contributed by atoms with Crippen LogP contribution in [0.15, 0.2) is 0 Å². The Hall–Kier alpha value is -0.300. The molecule has 0 saturated carbocycles. The van der Waals surface area contributed by atoms with Crippen molar-refractivity contribution in [1.29, 1.82) is 0 Å². The molecule has 0 aromatic heterocycles. The van der Waals surface area contributed by atoms with E-state index in [-0.39, 0.29) is 0 Å². The van der Waals surface area contributed by atoms with Crippen LogP contribution in [0.1, 0.15) is 0 Å². The molecule has 0 aliphatic rings. The maximum atomic E-state index is 13.9. The van der Waals surface area contributed by atoms with E-state index in [2.05, 4.69) is 4.18 Å². The Morgan fingerprint density at radius 1 is 0.619 bits per heavy atom. The lowest BCUT2D eigenvalue weighted by Crippen LogP contribution is -2.59. The number of rotatable bonds is 5. The molecule has 0 aromatic rings. The number of hydrogen-bond donors (Lipinski definition) is 0. The van der Waals surface area contributed by atoms with Crippen LogP contribution in [-0.4, -0.2) is 73.4 Å². The summed E-state index contributed by atoms with van der Waals surface area (Å²) >= 11 is 0. The van der Waals surface area contributed by atoms with Crippen molar-refractivity contribution in [1.82, 2.24) is 12.9 Å². The highest BCUT2D eigenvalue weighted by Crippen LogP contribution is 2.62. The molecule has 0 aliphatic carbocycles. The summed E-state index contributed by atoms with van der Waals surface area (Å²) in [5, 5.41) is 0. The summed E-state index contributed by atoms with van der Waals surface area (Å²) in [5.74, 6) is -5.78. The van der Waals surface area contributed by atoms with Crippen molar-refractivity contribution in [2.75, 3.05) is 42.3 Å². The normalized spacial score (nSPS) is 16.2. The van der Waals surface area contributed by atoms with E-state index in [1.807, 2.05) is 0 Å². The quantitative estimate of drug-likeness (QED) is 0.711. The van der Waals surface area contributed by atoms with Gasteiger partial charge in [-0.2, -0.15) is 30.7 Å². The van der Waals surface area contributed by atoms with Crippen molar-refractivity contribution in [2.24, 2.45) is 0 Å². The van der Waals surface area contributed by atoms with Gasteiger partial charge in [-0.15, -0.1) is 0 Å². The van der Waals surface area contributed by atoms with Crippen LogP contribution in [0.4, 0.5) is 30.7 Å². The van der Waals surface area contributed by atoms with Crippen LogP contribution >= 0.6 is 10.9 Å². The maximum absolute atomic E-state index is 13.9. The smallest absolute Gasteiger partial charge is 0.242 e. The second-order valence-electron chi connectivity index (χ2n) is 4.58. The first-order valence-corrected chi connectivity index (χ1v) is 6.85. The molecule has 0 atom stereocenters. The molecule has 0 radical (unpaired) electrons. The molecule has 0 aliphatic heterocycles. The van der Waals surface area contributed by atoms with Crippen LogP contribution in [0.25, 0.3) is 0 Å². The van der Waals surface area contributed by atoms with E-state index in [9.17, 15) is 30.7 Å². The van der Waals surface area contributed by atoms with Gasteiger partial charge in [-0.1, -0.05) is 0 Å². The minimum atomic E-state index is -6.27. The maximum Gasteiger partial charge on any atom is 0.459 e. The Morgan fingerprint density at radius 2 is 0.857 bits per heavy atom. The molecule has 0 saturated heterocycles. The van der Waals surface area contributed by atoms with E-state index >= 15 is 0 Å². The standard InChI is InChI=1S/C9H18F7N3OS/c1-17(2)21(18(3)4,19(5)6)20-7(10,8(11,12)13)9(14,15)16/h1-6H3. The fourth-order valence-electron chi connectivity index (χ4n) is 1.61. The van der Waals surface area contributed by atoms with Crippen LogP contribution in [0.3, 0.4) is 0 Å². The van der Waals surface area contributed by atoms with E-state index in [4.69, 9.17) is 0 Å². The van der Waals surface area contributed by atoms with Crippen molar-refractivity contribution in [2.45, 2.75) is 18.2 Å². The van der Waals surface area contributed by atoms with Gasteiger partial charge in [0.1, 0.15) is 0 Å². The van der Waals surface area contributed by atoms with Crippen molar-refractivity contribution in [3.8, 4) is 0 Å². The third-order valence-corrected chi connectivity index (χ3v) is 5.69. The predicted octanol–water partition coefficient (Wildman–Crippen LogP) is 2.94. The molecule has 0 amide bonds. The fraction of sp³-hybridized carbons (Fsp3) is 1.00. The molecule has 0 rings (SSSR count). The Balaban J connectivity index is 6.11. The molecule has 0 aromatic carbocycles. The van der Waals surface area contributed by atoms with Gasteiger partial charge >= 0.3 is 18.2 Å². The Labute approximate surface area is 120 Å². The first-order chi connectivity index (χ1) is 9.04.